The number of hydrogen-bond donors (Lipinski definition) is 2. The first-order valence-corrected chi connectivity index (χ1v) is 10.6. The number of methoxy groups -OCH3 is 1. The lowest BCUT2D eigenvalue weighted by molar-refractivity contribution is -0.115. The van der Waals surface area contributed by atoms with Crippen LogP contribution in [0, 0.1) is 0 Å². The van der Waals surface area contributed by atoms with E-state index in [-0.39, 0.29) is 17.6 Å². The second-order valence-corrected chi connectivity index (χ2v) is 7.88. The Morgan fingerprint density at radius 2 is 1.57 bits per heavy atom. The largest absolute Gasteiger partial charge is 0.495 e. The summed E-state index contributed by atoms with van der Waals surface area (Å²) in [5.74, 6) is 0.601. The minimum absolute atomic E-state index is 0.0702. The van der Waals surface area contributed by atoms with Gasteiger partial charge in [0.1, 0.15) is 5.75 Å². The Kier molecular flexibility index (Phi) is 7.76. The predicted octanol–water partition coefficient (Wildman–Crippen LogP) is 5.26. The molecule has 0 spiro atoms. The van der Waals surface area contributed by atoms with Crippen molar-refractivity contribution in [2.75, 3.05) is 23.5 Å². The predicted molar refractivity (Wildman–Crippen MR) is 123 cm³/mol. The molecule has 0 heterocycles. The molecule has 3 aromatic rings. The number of anilines is 2. The molecule has 2 N–H and O–H groups in total. The highest BCUT2D eigenvalue weighted by Crippen LogP contribution is 2.27. The monoisotopic (exact) mass is 440 g/mol. The van der Waals surface area contributed by atoms with E-state index in [1.165, 1.54) is 18.9 Å². The van der Waals surface area contributed by atoms with E-state index >= 15 is 0 Å². The molecule has 0 radical (unpaired) electrons. The summed E-state index contributed by atoms with van der Waals surface area (Å²) in [6, 6.07) is 22.1. The van der Waals surface area contributed by atoms with Crippen LogP contribution in [-0.2, 0) is 16.0 Å². The smallest absolute Gasteiger partial charge is 0.234 e. The quantitative estimate of drug-likeness (QED) is 0.469. The van der Waals surface area contributed by atoms with Crippen molar-refractivity contribution >= 4 is 46.6 Å². The van der Waals surface area contributed by atoms with E-state index in [1.807, 2.05) is 54.6 Å². The maximum absolute atomic E-state index is 12.2. The fourth-order valence-electron chi connectivity index (χ4n) is 2.71. The van der Waals surface area contributed by atoms with E-state index in [2.05, 4.69) is 10.6 Å². The molecule has 0 aromatic heterocycles. The van der Waals surface area contributed by atoms with Gasteiger partial charge in [-0.2, -0.15) is 0 Å². The topological polar surface area (TPSA) is 67.4 Å². The zero-order valence-electron chi connectivity index (χ0n) is 16.4. The average Bonchev–Trinajstić information content (AvgIpc) is 2.74. The highest BCUT2D eigenvalue weighted by molar-refractivity contribution is 8.00. The lowest BCUT2D eigenvalue weighted by Crippen LogP contribution is -2.14. The molecule has 2 amide bonds. The van der Waals surface area contributed by atoms with Gasteiger partial charge < -0.3 is 15.4 Å². The van der Waals surface area contributed by atoms with Crippen molar-refractivity contribution in [3.8, 4) is 5.75 Å². The van der Waals surface area contributed by atoms with Gasteiger partial charge in [-0.25, -0.2) is 0 Å². The second kappa shape index (κ2) is 10.7. The van der Waals surface area contributed by atoms with E-state index in [9.17, 15) is 9.59 Å². The third kappa shape index (κ3) is 6.54. The number of carbonyl (C=O) groups is 2. The van der Waals surface area contributed by atoms with Gasteiger partial charge in [0.2, 0.25) is 11.8 Å². The van der Waals surface area contributed by atoms with E-state index in [1.54, 1.807) is 18.2 Å². The molecule has 0 unspecified atom stereocenters. The van der Waals surface area contributed by atoms with Crippen LogP contribution in [0.5, 0.6) is 5.75 Å². The summed E-state index contributed by atoms with van der Waals surface area (Å²) in [7, 11) is 1.54. The molecule has 0 saturated carbocycles. The Hall–Kier alpha value is -2.96. The lowest BCUT2D eigenvalue weighted by Gasteiger charge is -2.09. The molecular formula is C23H21ClN2O3S. The van der Waals surface area contributed by atoms with Crippen LogP contribution in [0.4, 0.5) is 11.4 Å². The van der Waals surface area contributed by atoms with Crippen molar-refractivity contribution in [1.82, 2.24) is 0 Å². The van der Waals surface area contributed by atoms with Crippen LogP contribution in [0.2, 0.25) is 5.02 Å². The van der Waals surface area contributed by atoms with Gasteiger partial charge in [0.25, 0.3) is 0 Å². The molecule has 5 nitrogen and oxygen atoms in total. The molecule has 30 heavy (non-hydrogen) atoms. The van der Waals surface area contributed by atoms with Gasteiger partial charge in [-0.3, -0.25) is 9.59 Å². The Balaban J connectivity index is 1.46. The van der Waals surface area contributed by atoms with Gasteiger partial charge in [0.05, 0.1) is 24.3 Å². The zero-order valence-corrected chi connectivity index (χ0v) is 17.9. The number of benzene rings is 3. The Morgan fingerprint density at radius 1 is 0.900 bits per heavy atom. The third-order valence-corrected chi connectivity index (χ3v) is 5.46. The van der Waals surface area contributed by atoms with Crippen molar-refractivity contribution in [1.29, 1.82) is 0 Å². The molecule has 0 fully saturated rings. The Morgan fingerprint density at radius 3 is 2.23 bits per heavy atom. The second-order valence-electron chi connectivity index (χ2n) is 6.42. The van der Waals surface area contributed by atoms with Gasteiger partial charge >= 0.3 is 0 Å². The summed E-state index contributed by atoms with van der Waals surface area (Å²) in [4.78, 5) is 25.2. The van der Waals surface area contributed by atoms with E-state index in [0.29, 0.717) is 22.9 Å². The number of halogens is 1. The molecule has 154 valence electrons. The van der Waals surface area contributed by atoms with Crippen molar-refractivity contribution in [3.63, 3.8) is 0 Å². The first kappa shape index (κ1) is 21.7. The molecular weight excluding hydrogens is 420 g/mol. The first-order valence-electron chi connectivity index (χ1n) is 9.23. The van der Waals surface area contributed by atoms with Gasteiger partial charge in [-0.1, -0.05) is 41.9 Å². The summed E-state index contributed by atoms with van der Waals surface area (Å²) in [5.41, 5.74) is 2.30. The number of nitrogens with one attached hydrogen (secondary N) is 2. The van der Waals surface area contributed by atoms with Gasteiger partial charge in [0, 0.05) is 16.3 Å². The Labute approximate surface area is 184 Å². The molecule has 3 rings (SSSR count). The van der Waals surface area contributed by atoms with E-state index in [4.69, 9.17) is 16.3 Å². The van der Waals surface area contributed by atoms with E-state index in [0.717, 1.165) is 16.1 Å². The summed E-state index contributed by atoms with van der Waals surface area (Å²) in [6.07, 6.45) is 0.326. The molecule has 0 atom stereocenters. The summed E-state index contributed by atoms with van der Waals surface area (Å²) >= 11 is 7.48. The third-order valence-electron chi connectivity index (χ3n) is 4.15. The van der Waals surface area contributed by atoms with Gasteiger partial charge in [0.15, 0.2) is 0 Å². The SMILES string of the molecule is COc1ccc(NC(=O)CSc2ccc(NC(=O)Cc3ccccc3)cc2)cc1Cl. The lowest BCUT2D eigenvalue weighted by atomic mass is 10.1. The van der Waals surface area contributed by atoms with Crippen LogP contribution in [-0.4, -0.2) is 24.7 Å². The maximum Gasteiger partial charge on any atom is 0.234 e. The van der Waals surface area contributed by atoms with Crippen molar-refractivity contribution in [3.05, 3.63) is 83.4 Å². The fourth-order valence-corrected chi connectivity index (χ4v) is 3.67. The van der Waals surface area contributed by atoms with Gasteiger partial charge in [-0.05, 0) is 48.0 Å². The number of thioether (sulfide) groups is 1. The fraction of sp³-hybridized carbons (Fsp3) is 0.130. The van der Waals surface area contributed by atoms with E-state index < -0.39 is 0 Å². The molecule has 3 aromatic carbocycles. The number of rotatable bonds is 8. The highest BCUT2D eigenvalue weighted by Gasteiger charge is 2.08. The van der Waals surface area contributed by atoms with Crippen molar-refractivity contribution in [2.24, 2.45) is 0 Å². The average molecular weight is 441 g/mol. The number of ether oxygens (including phenoxy) is 1. The van der Waals surface area contributed by atoms with Crippen LogP contribution in [0.1, 0.15) is 5.56 Å². The minimum atomic E-state index is -0.138. The Bertz CT molecular complexity index is 1010. The first-order chi connectivity index (χ1) is 14.5. The number of amides is 2. The normalized spacial score (nSPS) is 10.3. The summed E-state index contributed by atoms with van der Waals surface area (Å²) in [5, 5.41) is 6.13. The summed E-state index contributed by atoms with van der Waals surface area (Å²) < 4.78 is 5.10. The molecule has 0 saturated heterocycles. The van der Waals surface area contributed by atoms with Gasteiger partial charge in [-0.15, -0.1) is 11.8 Å². The van der Waals surface area contributed by atoms with Crippen LogP contribution < -0.4 is 15.4 Å². The number of hydrogen-bond acceptors (Lipinski definition) is 4. The minimum Gasteiger partial charge on any atom is -0.495 e. The van der Waals surface area contributed by atoms with Crippen molar-refractivity contribution in [2.45, 2.75) is 11.3 Å². The standard InChI is InChI=1S/C23H21ClN2O3S/c1-29-21-12-9-18(14-20(21)24)26-23(28)15-30-19-10-7-17(8-11-19)25-22(27)13-16-5-3-2-4-6-16/h2-12,14H,13,15H2,1H3,(H,25,27)(H,26,28). The molecule has 0 aliphatic rings. The zero-order chi connectivity index (χ0) is 21.3. The molecule has 0 aliphatic heterocycles. The van der Waals surface area contributed by atoms with Crippen LogP contribution >= 0.6 is 23.4 Å². The molecule has 0 aliphatic carbocycles. The molecule has 0 bridgehead atoms. The highest BCUT2D eigenvalue weighted by atomic mass is 35.5. The van der Waals surface area contributed by atoms with Crippen molar-refractivity contribution < 1.29 is 14.3 Å². The van der Waals surface area contributed by atoms with Crippen LogP contribution in [0.25, 0.3) is 0 Å². The van der Waals surface area contributed by atoms with Crippen LogP contribution in [0.15, 0.2) is 77.7 Å². The van der Waals surface area contributed by atoms with Crippen LogP contribution in [0.3, 0.4) is 0 Å². The molecule has 7 heteroatoms. The summed E-state index contributed by atoms with van der Waals surface area (Å²) in [6.45, 7) is 0. The maximum atomic E-state index is 12.2. The number of carbonyl (C=O) groups excluding carboxylic acids is 2.